The summed E-state index contributed by atoms with van der Waals surface area (Å²) in [6.07, 6.45) is 1.14. The molecule has 4 heterocycles. The van der Waals surface area contributed by atoms with Crippen molar-refractivity contribution in [2.24, 2.45) is 5.92 Å². The van der Waals surface area contributed by atoms with Crippen molar-refractivity contribution >= 4 is 45.7 Å². The van der Waals surface area contributed by atoms with Crippen LogP contribution in [0.25, 0.3) is 27.9 Å². The van der Waals surface area contributed by atoms with Crippen molar-refractivity contribution in [1.29, 1.82) is 0 Å². The van der Waals surface area contributed by atoms with Crippen LogP contribution in [-0.4, -0.2) is 46.4 Å². The van der Waals surface area contributed by atoms with Gasteiger partial charge in [-0.25, -0.2) is 14.6 Å². The minimum Gasteiger partial charge on any atom is -0.473 e. The molecule has 0 aliphatic heterocycles. The molecule has 9 nitrogen and oxygen atoms in total. The third kappa shape index (κ3) is 5.62. The van der Waals surface area contributed by atoms with E-state index >= 15 is 0 Å². The number of rotatable bonds is 7. The molecule has 16 heteroatoms. The Kier molecular flexibility index (Phi) is 7.14. The Morgan fingerprint density at radius 1 is 1.05 bits per heavy atom. The van der Waals surface area contributed by atoms with Crippen LogP contribution in [0.4, 0.5) is 27.8 Å². The Labute approximate surface area is 238 Å². The molecule has 1 fully saturated rings. The lowest BCUT2D eigenvalue weighted by atomic mass is 9.87. The molecule has 41 heavy (non-hydrogen) atoms. The van der Waals surface area contributed by atoms with Crippen molar-refractivity contribution in [3.63, 3.8) is 0 Å². The predicted molar refractivity (Wildman–Crippen MR) is 141 cm³/mol. The van der Waals surface area contributed by atoms with Gasteiger partial charge in [-0.1, -0.05) is 23.2 Å². The molecule has 1 saturated carbocycles. The summed E-state index contributed by atoms with van der Waals surface area (Å²) in [5, 5.41) is 7.59. The van der Waals surface area contributed by atoms with Crippen molar-refractivity contribution in [2.75, 3.05) is 5.32 Å². The Hall–Kier alpha value is -3.65. The fourth-order valence-corrected chi connectivity index (χ4v) is 5.24. The van der Waals surface area contributed by atoms with Gasteiger partial charge in [-0.2, -0.15) is 32.0 Å². The minimum atomic E-state index is -4.24. The molecule has 0 saturated heterocycles. The highest BCUT2D eigenvalue weighted by Gasteiger charge is 2.41. The Morgan fingerprint density at radius 2 is 1.80 bits per heavy atom. The number of ether oxygens (including phenoxy) is 1. The van der Waals surface area contributed by atoms with Crippen molar-refractivity contribution in [2.45, 2.75) is 51.1 Å². The maximum Gasteiger partial charge on any atom is 0.391 e. The second-order valence-electron chi connectivity index (χ2n) is 9.71. The van der Waals surface area contributed by atoms with E-state index in [1.807, 2.05) is 0 Å². The van der Waals surface area contributed by atoms with E-state index in [0.717, 1.165) is 0 Å². The smallest absolute Gasteiger partial charge is 0.391 e. The molecule has 216 valence electrons. The summed E-state index contributed by atoms with van der Waals surface area (Å²) in [6, 6.07) is 3.30. The zero-order valence-corrected chi connectivity index (χ0v) is 22.5. The second-order valence-corrected chi connectivity index (χ2v) is 10.5. The molecule has 4 aromatic heterocycles. The lowest BCUT2D eigenvalue weighted by Crippen LogP contribution is -2.32. The number of hydrogen-bond donors (Lipinski definition) is 2. The summed E-state index contributed by atoms with van der Waals surface area (Å²) in [5.41, 5.74) is 2.47. The number of nitrogens with zero attached hydrogens (tertiary/aromatic N) is 6. The second kappa shape index (κ2) is 10.6. The Balaban J connectivity index is 1.31. The summed E-state index contributed by atoms with van der Waals surface area (Å²) in [7, 11) is 0. The average molecular weight is 615 g/mol. The molecule has 0 bridgehead atoms. The highest BCUT2D eigenvalue weighted by Crippen LogP contribution is 2.39. The van der Waals surface area contributed by atoms with Gasteiger partial charge in [0.2, 0.25) is 5.88 Å². The molecular formula is C25H21Cl2F5N8O. The number of benzene rings is 1. The number of nitrogens with one attached hydrogen (secondary N) is 2. The van der Waals surface area contributed by atoms with Gasteiger partial charge in [0.1, 0.15) is 11.9 Å². The number of hydrogen-bond acceptors (Lipinski definition) is 6. The standard InChI is InChI=1S/C25H21Cl2F5N8O/c26-15-5-17-18(6-16(15)27)37-20(36-17)9-33-22-23-34-8-19(12-7-35-40(10-12)24(28)29)39(23)11-21(38-22)41-14-3-1-13(2-4-14)25(30,31)32/h5-8,10-11,13-14,24H,1-4,9H2,(H,33,38)(H,36,37). The number of anilines is 1. The largest absolute Gasteiger partial charge is 0.473 e. The highest BCUT2D eigenvalue weighted by atomic mass is 35.5. The lowest BCUT2D eigenvalue weighted by molar-refractivity contribution is -0.185. The SMILES string of the molecule is FC(F)n1cc(-c2cnc3c(NCc4nc5cc(Cl)c(Cl)cc5[nH]4)nc(OC4CCC(C(F)(F)F)CC4)cn23)cn1. The van der Waals surface area contributed by atoms with E-state index in [9.17, 15) is 22.0 Å². The number of halogens is 7. The van der Waals surface area contributed by atoms with E-state index in [1.54, 1.807) is 16.5 Å². The Bertz CT molecular complexity index is 1670. The van der Waals surface area contributed by atoms with E-state index in [4.69, 9.17) is 27.9 Å². The first-order chi connectivity index (χ1) is 19.5. The van der Waals surface area contributed by atoms with Gasteiger partial charge in [0.05, 0.1) is 57.8 Å². The Morgan fingerprint density at radius 3 is 2.51 bits per heavy atom. The van der Waals surface area contributed by atoms with Gasteiger partial charge in [-0.05, 0) is 37.8 Å². The fourth-order valence-electron chi connectivity index (χ4n) is 4.92. The third-order valence-corrected chi connectivity index (χ3v) is 7.71. The van der Waals surface area contributed by atoms with Gasteiger partial charge in [-0.3, -0.25) is 4.40 Å². The fraction of sp³-hybridized carbons (Fsp3) is 0.360. The summed E-state index contributed by atoms with van der Waals surface area (Å²) in [5.74, 6) is -0.384. The molecule has 1 aliphatic rings. The van der Waals surface area contributed by atoms with E-state index in [2.05, 4.69) is 30.4 Å². The zero-order valence-electron chi connectivity index (χ0n) is 21.0. The van der Waals surface area contributed by atoms with Gasteiger partial charge in [0.15, 0.2) is 11.5 Å². The number of H-pyrrole nitrogens is 1. The minimum absolute atomic E-state index is 0.0370. The molecule has 0 radical (unpaired) electrons. The lowest BCUT2D eigenvalue weighted by Gasteiger charge is -2.29. The van der Waals surface area contributed by atoms with Crippen LogP contribution in [-0.2, 0) is 6.54 Å². The van der Waals surface area contributed by atoms with Crippen LogP contribution in [0.1, 0.15) is 38.1 Å². The third-order valence-electron chi connectivity index (χ3n) is 6.99. The maximum absolute atomic E-state index is 13.2. The van der Waals surface area contributed by atoms with Gasteiger partial charge in [0.25, 0.3) is 0 Å². The van der Waals surface area contributed by atoms with E-state index in [0.29, 0.717) is 48.5 Å². The van der Waals surface area contributed by atoms with Crippen LogP contribution in [0, 0.1) is 5.92 Å². The summed E-state index contributed by atoms with van der Waals surface area (Å²) < 4.78 is 73.9. The maximum atomic E-state index is 13.2. The number of imidazole rings is 2. The first-order valence-electron chi connectivity index (χ1n) is 12.6. The van der Waals surface area contributed by atoms with Gasteiger partial charge < -0.3 is 15.0 Å². The predicted octanol–water partition coefficient (Wildman–Crippen LogP) is 7.28. The first kappa shape index (κ1) is 27.5. The number of aromatic nitrogens is 7. The van der Waals surface area contributed by atoms with Crippen molar-refractivity contribution < 1.29 is 26.7 Å². The molecule has 6 rings (SSSR count). The summed E-state index contributed by atoms with van der Waals surface area (Å²) >= 11 is 12.2. The van der Waals surface area contributed by atoms with Crippen molar-refractivity contribution in [3.8, 4) is 17.1 Å². The van der Waals surface area contributed by atoms with Crippen LogP contribution < -0.4 is 10.1 Å². The van der Waals surface area contributed by atoms with Crippen LogP contribution in [0.3, 0.4) is 0 Å². The number of alkyl halides is 5. The number of aromatic amines is 1. The molecule has 0 amide bonds. The van der Waals surface area contributed by atoms with Crippen LogP contribution in [0.5, 0.6) is 5.88 Å². The molecule has 0 unspecified atom stereocenters. The van der Waals surface area contributed by atoms with E-state index in [-0.39, 0.29) is 43.9 Å². The quantitative estimate of drug-likeness (QED) is 0.187. The molecular weight excluding hydrogens is 594 g/mol. The number of fused-ring (bicyclic) bond motifs is 2. The monoisotopic (exact) mass is 614 g/mol. The van der Waals surface area contributed by atoms with Crippen molar-refractivity contribution in [1.82, 2.24) is 34.1 Å². The average Bonchev–Trinajstić information content (AvgIpc) is 3.65. The van der Waals surface area contributed by atoms with Gasteiger partial charge in [0, 0.05) is 11.8 Å². The normalized spacial score (nSPS) is 18.0. The zero-order chi connectivity index (χ0) is 28.9. The molecule has 0 spiro atoms. The molecule has 1 aromatic carbocycles. The van der Waals surface area contributed by atoms with Gasteiger partial charge in [-0.15, -0.1) is 0 Å². The van der Waals surface area contributed by atoms with E-state index < -0.39 is 24.7 Å². The molecule has 5 aromatic rings. The molecule has 2 N–H and O–H groups in total. The van der Waals surface area contributed by atoms with Crippen LogP contribution in [0.2, 0.25) is 10.0 Å². The highest BCUT2D eigenvalue weighted by molar-refractivity contribution is 6.42. The van der Waals surface area contributed by atoms with Crippen LogP contribution in [0.15, 0.2) is 36.9 Å². The summed E-state index contributed by atoms with van der Waals surface area (Å²) in [6.45, 7) is -2.64. The molecule has 1 aliphatic carbocycles. The van der Waals surface area contributed by atoms with Gasteiger partial charge >= 0.3 is 12.7 Å². The topological polar surface area (TPSA) is 98.0 Å². The van der Waals surface area contributed by atoms with Crippen LogP contribution >= 0.6 is 23.2 Å². The molecule has 0 atom stereocenters. The summed E-state index contributed by atoms with van der Waals surface area (Å²) in [4.78, 5) is 16.6. The first-order valence-corrected chi connectivity index (χ1v) is 13.3. The van der Waals surface area contributed by atoms with Crippen molar-refractivity contribution in [3.05, 3.63) is 52.8 Å². The van der Waals surface area contributed by atoms with E-state index in [1.165, 1.54) is 24.8 Å².